The zero-order valence-electron chi connectivity index (χ0n) is 22.7. The fraction of sp³-hybridized carbons (Fsp3) is 0.500. The van der Waals surface area contributed by atoms with Crippen LogP contribution in [0.5, 0.6) is 5.75 Å². The van der Waals surface area contributed by atoms with E-state index in [1.165, 1.54) is 6.07 Å². The Labute approximate surface area is 246 Å². The first-order valence-electron chi connectivity index (χ1n) is 13.6. The lowest BCUT2D eigenvalue weighted by molar-refractivity contribution is -0.138. The van der Waals surface area contributed by atoms with E-state index in [1.807, 2.05) is 6.07 Å². The summed E-state index contributed by atoms with van der Waals surface area (Å²) in [7, 11) is -3.30. The summed E-state index contributed by atoms with van der Waals surface area (Å²) in [6.45, 7) is 1.33. The number of anilines is 1. The first kappa shape index (κ1) is 30.6. The van der Waals surface area contributed by atoms with Crippen molar-refractivity contribution in [1.29, 1.82) is 0 Å². The molecule has 5 rings (SSSR count). The van der Waals surface area contributed by atoms with Crippen LogP contribution in [-0.2, 0) is 26.2 Å². The van der Waals surface area contributed by atoms with Gasteiger partial charge in [-0.15, -0.1) is 0 Å². The molecule has 1 N–H and O–H groups in total. The molecule has 0 atom stereocenters. The number of carbonyl (C=O) groups excluding carboxylic acids is 2. The summed E-state index contributed by atoms with van der Waals surface area (Å²) < 4.78 is 70.6. The standard InChI is InChI=1S/C28H31ClF3N3O6S/c29-19-1-4-24-23(17-19)27(26(38)35(24)9-13-36)5-7-33(8-6-27)10-14-41-20-2-3-21(22(18-20)28(30,31)32)25(37)34-11-15-42(39,40)16-12-34/h1-4,17-18,36H,5-16H2. The third-order valence-corrected chi connectivity index (χ3v) is 10.1. The van der Waals surface area contributed by atoms with Crippen molar-refractivity contribution in [2.24, 2.45) is 0 Å². The number of hydrogen-bond acceptors (Lipinski definition) is 7. The molecule has 228 valence electrons. The van der Waals surface area contributed by atoms with E-state index in [2.05, 4.69) is 4.90 Å². The third kappa shape index (κ3) is 5.97. The van der Waals surface area contributed by atoms with Crippen LogP contribution in [0.2, 0.25) is 5.02 Å². The third-order valence-electron chi connectivity index (χ3n) is 8.29. The number of aliphatic hydroxyl groups excluding tert-OH is 1. The molecule has 2 amide bonds. The molecule has 0 aromatic heterocycles. The Morgan fingerprint density at radius 3 is 2.36 bits per heavy atom. The number of alkyl halides is 3. The minimum Gasteiger partial charge on any atom is -0.492 e. The van der Waals surface area contributed by atoms with Crippen LogP contribution in [0, 0.1) is 0 Å². The SMILES string of the molecule is O=C(c1ccc(OCCN2CCC3(CC2)C(=O)N(CCO)c2ccc(Cl)cc23)cc1C(F)(F)F)N1CCS(=O)(=O)CC1. The topological polar surface area (TPSA) is 107 Å². The van der Waals surface area contributed by atoms with Gasteiger partial charge < -0.3 is 19.6 Å². The van der Waals surface area contributed by atoms with Gasteiger partial charge in [0, 0.05) is 36.9 Å². The predicted octanol–water partition coefficient (Wildman–Crippen LogP) is 2.98. The van der Waals surface area contributed by atoms with Crippen molar-refractivity contribution < 1.29 is 41.0 Å². The van der Waals surface area contributed by atoms with E-state index in [4.69, 9.17) is 16.3 Å². The molecule has 2 fully saturated rings. The summed E-state index contributed by atoms with van der Waals surface area (Å²) in [6.07, 6.45) is -3.77. The molecule has 2 saturated heterocycles. The molecule has 0 aliphatic carbocycles. The second-order valence-corrected chi connectivity index (χ2v) is 13.5. The van der Waals surface area contributed by atoms with Crippen molar-refractivity contribution in [1.82, 2.24) is 9.80 Å². The Morgan fingerprint density at radius 1 is 1.02 bits per heavy atom. The van der Waals surface area contributed by atoms with Crippen molar-refractivity contribution in [2.45, 2.75) is 24.4 Å². The van der Waals surface area contributed by atoms with Gasteiger partial charge in [0.05, 0.1) is 34.7 Å². The molecular formula is C28H31ClF3N3O6S. The number of β-amino-alcohol motifs (C(OH)–C–C–N with tert-alkyl or cyclic N) is 1. The molecule has 0 unspecified atom stereocenters. The summed E-state index contributed by atoms with van der Waals surface area (Å²) >= 11 is 6.25. The van der Waals surface area contributed by atoms with Crippen molar-refractivity contribution in [3.8, 4) is 5.75 Å². The Balaban J connectivity index is 1.21. The number of aliphatic hydroxyl groups is 1. The zero-order valence-corrected chi connectivity index (χ0v) is 24.3. The highest BCUT2D eigenvalue weighted by molar-refractivity contribution is 7.91. The Bertz CT molecular complexity index is 1460. The molecule has 42 heavy (non-hydrogen) atoms. The maximum Gasteiger partial charge on any atom is 0.417 e. The maximum absolute atomic E-state index is 13.9. The summed E-state index contributed by atoms with van der Waals surface area (Å²) in [6, 6.07) is 8.50. The number of hydrogen-bond donors (Lipinski definition) is 1. The van der Waals surface area contributed by atoms with Crippen LogP contribution in [-0.4, -0.2) is 99.1 Å². The van der Waals surface area contributed by atoms with E-state index in [0.717, 1.165) is 28.3 Å². The molecule has 2 aromatic carbocycles. The van der Waals surface area contributed by atoms with Gasteiger partial charge in [0.2, 0.25) is 5.91 Å². The Kier molecular flexibility index (Phi) is 8.49. The average molecular weight is 630 g/mol. The molecular weight excluding hydrogens is 599 g/mol. The smallest absolute Gasteiger partial charge is 0.417 e. The summed E-state index contributed by atoms with van der Waals surface area (Å²) in [4.78, 5) is 31.1. The fourth-order valence-corrected chi connectivity index (χ4v) is 7.36. The lowest BCUT2D eigenvalue weighted by atomic mass is 9.73. The van der Waals surface area contributed by atoms with Crippen LogP contribution < -0.4 is 9.64 Å². The van der Waals surface area contributed by atoms with Crippen molar-refractivity contribution in [2.75, 3.05) is 68.9 Å². The monoisotopic (exact) mass is 629 g/mol. The van der Waals surface area contributed by atoms with Crippen molar-refractivity contribution in [3.05, 3.63) is 58.1 Å². The van der Waals surface area contributed by atoms with Gasteiger partial charge in [0.1, 0.15) is 12.4 Å². The predicted molar refractivity (Wildman–Crippen MR) is 150 cm³/mol. The van der Waals surface area contributed by atoms with E-state index in [0.29, 0.717) is 37.5 Å². The van der Waals surface area contributed by atoms with Crippen LogP contribution in [0.4, 0.5) is 18.9 Å². The second-order valence-electron chi connectivity index (χ2n) is 10.8. The van der Waals surface area contributed by atoms with Gasteiger partial charge >= 0.3 is 6.18 Å². The molecule has 3 aliphatic heterocycles. The van der Waals surface area contributed by atoms with Crippen molar-refractivity contribution in [3.63, 3.8) is 0 Å². The summed E-state index contributed by atoms with van der Waals surface area (Å²) in [5, 5.41) is 10.0. The number of ether oxygens (including phenoxy) is 1. The van der Waals surface area contributed by atoms with Gasteiger partial charge in [0.15, 0.2) is 9.84 Å². The number of likely N-dealkylation sites (tertiary alicyclic amines) is 1. The first-order valence-corrected chi connectivity index (χ1v) is 15.8. The van der Waals surface area contributed by atoms with E-state index in [1.54, 1.807) is 17.0 Å². The number of amides is 2. The average Bonchev–Trinajstić information content (AvgIpc) is 3.15. The van der Waals surface area contributed by atoms with E-state index in [-0.39, 0.29) is 56.0 Å². The molecule has 3 heterocycles. The number of sulfone groups is 1. The molecule has 0 bridgehead atoms. The van der Waals surface area contributed by atoms with E-state index >= 15 is 0 Å². The molecule has 3 aliphatic rings. The number of nitrogens with zero attached hydrogens (tertiary/aromatic N) is 3. The lowest BCUT2D eigenvalue weighted by Crippen LogP contribution is -2.49. The number of carbonyl (C=O) groups is 2. The molecule has 0 radical (unpaired) electrons. The van der Waals surface area contributed by atoms with E-state index in [9.17, 15) is 36.3 Å². The molecule has 1 spiro atoms. The molecule has 2 aromatic rings. The minimum atomic E-state index is -4.82. The second kappa shape index (κ2) is 11.7. The highest BCUT2D eigenvalue weighted by atomic mass is 35.5. The lowest BCUT2D eigenvalue weighted by Gasteiger charge is -2.38. The Morgan fingerprint density at radius 2 is 1.71 bits per heavy atom. The first-order chi connectivity index (χ1) is 19.8. The van der Waals surface area contributed by atoms with Crippen LogP contribution >= 0.6 is 11.6 Å². The van der Waals surface area contributed by atoms with Gasteiger partial charge in [-0.1, -0.05) is 11.6 Å². The normalized spacial score (nSPS) is 20.2. The van der Waals surface area contributed by atoms with Gasteiger partial charge in [-0.3, -0.25) is 14.5 Å². The minimum absolute atomic E-state index is 0.0391. The number of halogens is 4. The van der Waals surface area contributed by atoms with Crippen LogP contribution in [0.3, 0.4) is 0 Å². The van der Waals surface area contributed by atoms with Gasteiger partial charge in [0.25, 0.3) is 5.91 Å². The number of rotatable bonds is 7. The highest BCUT2D eigenvalue weighted by Crippen LogP contribution is 2.48. The molecule has 14 heteroatoms. The Hall–Kier alpha value is -2.87. The van der Waals surface area contributed by atoms with Crippen LogP contribution in [0.15, 0.2) is 36.4 Å². The number of piperidine rings is 1. The number of fused-ring (bicyclic) bond motifs is 2. The quantitative estimate of drug-likeness (QED) is 0.502. The maximum atomic E-state index is 13.9. The number of benzene rings is 2. The zero-order chi connectivity index (χ0) is 30.3. The molecule has 0 saturated carbocycles. The van der Waals surface area contributed by atoms with Gasteiger partial charge in [-0.05, 0) is 67.9 Å². The molecule has 9 nitrogen and oxygen atoms in total. The summed E-state index contributed by atoms with van der Waals surface area (Å²) in [5.74, 6) is -1.54. The fourth-order valence-electron chi connectivity index (χ4n) is 5.99. The van der Waals surface area contributed by atoms with Crippen molar-refractivity contribution >= 4 is 38.9 Å². The highest BCUT2D eigenvalue weighted by Gasteiger charge is 2.51. The van der Waals surface area contributed by atoms with Crippen LogP contribution in [0.25, 0.3) is 0 Å². The largest absolute Gasteiger partial charge is 0.492 e. The van der Waals surface area contributed by atoms with Gasteiger partial charge in [-0.25, -0.2) is 8.42 Å². The van der Waals surface area contributed by atoms with Crippen LogP contribution in [0.1, 0.15) is 34.3 Å². The van der Waals surface area contributed by atoms with E-state index < -0.39 is 38.5 Å². The van der Waals surface area contributed by atoms with Gasteiger partial charge in [-0.2, -0.15) is 13.2 Å². The summed E-state index contributed by atoms with van der Waals surface area (Å²) in [5.41, 5.74) is -0.821.